The van der Waals surface area contributed by atoms with Crippen LogP contribution in [0.5, 0.6) is 0 Å². The number of rotatable bonds is 42. The normalized spacial score (nSPS) is 11.9. The van der Waals surface area contributed by atoms with Gasteiger partial charge in [0.1, 0.15) is 13.2 Å². The molecule has 49 heavy (non-hydrogen) atoms. The molecule has 0 N–H and O–H groups in total. The summed E-state index contributed by atoms with van der Waals surface area (Å²) in [5.41, 5.74) is 0. The largest absolute Gasteiger partial charge is 0.463 e. The molecule has 290 valence electrons. The standard InChI is InChI=1S/C35H66O14/c1-4-7-8-34(6-3)35(36)49-33-32-48-31-30-47-29-28-46-27-26-45-25-24-44-23-22-43-21-20-42-19-18-41-17-16-40-15-14-39-13-12-38-11-10-37-9-5-2/h2,34H,4,6-33H2,1,3H3. The van der Waals surface area contributed by atoms with E-state index in [9.17, 15) is 4.79 Å². The van der Waals surface area contributed by atoms with Crippen LogP contribution in [0.4, 0.5) is 0 Å². The minimum Gasteiger partial charge on any atom is -0.463 e. The second kappa shape index (κ2) is 42.7. The Morgan fingerprint density at radius 1 is 0.449 bits per heavy atom. The average molecular weight is 711 g/mol. The van der Waals surface area contributed by atoms with E-state index in [1.807, 2.05) is 6.92 Å². The Hall–Kier alpha value is -1.45. The van der Waals surface area contributed by atoms with E-state index in [-0.39, 0.29) is 18.5 Å². The van der Waals surface area contributed by atoms with Crippen molar-refractivity contribution < 1.29 is 66.4 Å². The van der Waals surface area contributed by atoms with E-state index in [2.05, 4.69) is 12.8 Å². The first kappa shape index (κ1) is 47.5. The van der Waals surface area contributed by atoms with Crippen LogP contribution in [-0.4, -0.2) is 171 Å². The third-order valence-electron chi connectivity index (χ3n) is 6.48. The van der Waals surface area contributed by atoms with Gasteiger partial charge in [-0.3, -0.25) is 4.79 Å². The number of carbonyl (C=O) groups excluding carboxylic acids is 1. The highest BCUT2D eigenvalue weighted by molar-refractivity contribution is 5.72. The van der Waals surface area contributed by atoms with Crippen molar-refractivity contribution in [2.24, 2.45) is 5.92 Å². The molecule has 0 aromatic heterocycles. The van der Waals surface area contributed by atoms with Gasteiger partial charge in [0.25, 0.3) is 0 Å². The molecule has 0 heterocycles. The summed E-state index contributed by atoms with van der Waals surface area (Å²) in [6, 6.07) is 0. The van der Waals surface area contributed by atoms with Crippen LogP contribution in [0, 0.1) is 18.3 Å². The SMILES string of the molecule is C#CCOCCOCCOCCOCCOCCOCCOCCOCCOCCOCCOCCOCCOC(=O)C(CC)CCCC. The van der Waals surface area contributed by atoms with E-state index in [0.717, 1.165) is 25.7 Å². The fourth-order valence-electron chi connectivity index (χ4n) is 3.81. The highest BCUT2D eigenvalue weighted by Crippen LogP contribution is 2.14. The van der Waals surface area contributed by atoms with Crippen LogP contribution >= 0.6 is 0 Å². The van der Waals surface area contributed by atoms with Crippen LogP contribution < -0.4 is 0 Å². The number of ether oxygens (including phenoxy) is 13. The molecule has 0 aromatic rings. The lowest BCUT2D eigenvalue weighted by Gasteiger charge is -2.13. The van der Waals surface area contributed by atoms with Crippen molar-refractivity contribution in [1.29, 1.82) is 0 Å². The Balaban J connectivity index is 3.13. The van der Waals surface area contributed by atoms with Gasteiger partial charge in [-0.15, -0.1) is 6.42 Å². The molecule has 0 aromatic carbocycles. The van der Waals surface area contributed by atoms with Crippen LogP contribution in [0.3, 0.4) is 0 Å². The lowest BCUT2D eigenvalue weighted by atomic mass is 10.00. The zero-order valence-electron chi connectivity index (χ0n) is 30.4. The fraction of sp³-hybridized carbons (Fsp3) is 0.914. The first-order valence-electron chi connectivity index (χ1n) is 17.8. The third kappa shape index (κ3) is 39.2. The minimum absolute atomic E-state index is 0.00564. The van der Waals surface area contributed by atoms with E-state index >= 15 is 0 Å². The number of terminal acetylenes is 1. The van der Waals surface area contributed by atoms with E-state index < -0.39 is 0 Å². The van der Waals surface area contributed by atoms with Gasteiger partial charge in [-0.05, 0) is 12.8 Å². The predicted molar refractivity (Wildman–Crippen MR) is 183 cm³/mol. The summed E-state index contributed by atoms with van der Waals surface area (Å²) in [5, 5.41) is 0. The molecule has 0 fully saturated rings. The molecule has 14 nitrogen and oxygen atoms in total. The second-order valence-corrected chi connectivity index (χ2v) is 10.4. The highest BCUT2D eigenvalue weighted by Gasteiger charge is 2.16. The summed E-state index contributed by atoms with van der Waals surface area (Å²) in [4.78, 5) is 12.0. The van der Waals surface area contributed by atoms with E-state index in [0.29, 0.717) is 159 Å². The average Bonchev–Trinajstić information content (AvgIpc) is 3.11. The number of esters is 1. The summed E-state index contributed by atoms with van der Waals surface area (Å²) in [7, 11) is 0. The smallest absolute Gasteiger partial charge is 0.308 e. The van der Waals surface area contributed by atoms with Crippen LogP contribution in [0.15, 0.2) is 0 Å². The molecular formula is C35H66O14. The molecule has 0 saturated carbocycles. The Morgan fingerprint density at radius 2 is 0.714 bits per heavy atom. The van der Waals surface area contributed by atoms with Crippen molar-refractivity contribution in [1.82, 2.24) is 0 Å². The summed E-state index contributed by atoms with van der Waals surface area (Å²) < 4.78 is 70.4. The second-order valence-electron chi connectivity index (χ2n) is 10.4. The van der Waals surface area contributed by atoms with Gasteiger partial charge in [0, 0.05) is 0 Å². The van der Waals surface area contributed by atoms with Gasteiger partial charge < -0.3 is 61.6 Å². The maximum absolute atomic E-state index is 12.0. The number of carbonyl (C=O) groups is 1. The molecule has 0 aliphatic rings. The molecule has 0 spiro atoms. The lowest BCUT2D eigenvalue weighted by molar-refractivity contribution is -0.150. The Kier molecular flexibility index (Phi) is 41.5. The van der Waals surface area contributed by atoms with Crippen molar-refractivity contribution in [3.63, 3.8) is 0 Å². The monoisotopic (exact) mass is 710 g/mol. The molecule has 0 rings (SSSR count). The molecule has 0 amide bonds. The summed E-state index contributed by atoms with van der Waals surface area (Å²) in [5.74, 6) is 2.27. The predicted octanol–water partition coefficient (Wildman–Crippen LogP) is 2.58. The van der Waals surface area contributed by atoms with Crippen molar-refractivity contribution in [3.05, 3.63) is 0 Å². The molecule has 14 heteroatoms. The molecular weight excluding hydrogens is 644 g/mol. The van der Waals surface area contributed by atoms with Gasteiger partial charge >= 0.3 is 5.97 Å². The van der Waals surface area contributed by atoms with Gasteiger partial charge in [-0.1, -0.05) is 32.6 Å². The molecule has 1 unspecified atom stereocenters. The topological polar surface area (TPSA) is 137 Å². The maximum atomic E-state index is 12.0. The van der Waals surface area contributed by atoms with Crippen molar-refractivity contribution in [2.75, 3.05) is 165 Å². The van der Waals surface area contributed by atoms with Crippen LogP contribution in [0.1, 0.15) is 39.5 Å². The van der Waals surface area contributed by atoms with Crippen molar-refractivity contribution >= 4 is 5.97 Å². The number of unbranched alkanes of at least 4 members (excludes halogenated alkanes) is 1. The maximum Gasteiger partial charge on any atom is 0.308 e. The van der Waals surface area contributed by atoms with Gasteiger partial charge in [0.2, 0.25) is 0 Å². The zero-order valence-corrected chi connectivity index (χ0v) is 30.4. The lowest BCUT2D eigenvalue weighted by Crippen LogP contribution is -2.20. The molecule has 0 aliphatic heterocycles. The van der Waals surface area contributed by atoms with Gasteiger partial charge in [-0.25, -0.2) is 0 Å². The molecule has 0 aliphatic carbocycles. The van der Waals surface area contributed by atoms with Gasteiger partial charge in [0.05, 0.1) is 158 Å². The Morgan fingerprint density at radius 3 is 0.959 bits per heavy atom. The van der Waals surface area contributed by atoms with Crippen LogP contribution in [-0.2, 0) is 66.4 Å². The zero-order chi connectivity index (χ0) is 35.6. The molecule has 0 bridgehead atoms. The van der Waals surface area contributed by atoms with Crippen molar-refractivity contribution in [3.8, 4) is 12.3 Å². The number of hydrogen-bond donors (Lipinski definition) is 0. The molecule has 0 radical (unpaired) electrons. The first-order valence-corrected chi connectivity index (χ1v) is 17.8. The van der Waals surface area contributed by atoms with E-state index in [1.165, 1.54) is 0 Å². The van der Waals surface area contributed by atoms with Crippen LogP contribution in [0.25, 0.3) is 0 Å². The minimum atomic E-state index is -0.122. The van der Waals surface area contributed by atoms with E-state index in [1.54, 1.807) is 0 Å². The highest BCUT2D eigenvalue weighted by atomic mass is 16.6. The molecule has 1 atom stereocenters. The summed E-state index contributed by atoms with van der Waals surface area (Å²) in [6.07, 6.45) is 8.91. The van der Waals surface area contributed by atoms with Gasteiger partial charge in [-0.2, -0.15) is 0 Å². The van der Waals surface area contributed by atoms with Crippen molar-refractivity contribution in [2.45, 2.75) is 39.5 Å². The Bertz CT molecular complexity index is 694. The molecule has 0 saturated heterocycles. The number of hydrogen-bond acceptors (Lipinski definition) is 14. The fourth-order valence-corrected chi connectivity index (χ4v) is 3.81. The first-order chi connectivity index (χ1) is 24.3. The Labute approximate surface area is 295 Å². The summed E-state index contributed by atoms with van der Waals surface area (Å²) in [6.45, 7) is 15.9. The third-order valence-corrected chi connectivity index (χ3v) is 6.48. The van der Waals surface area contributed by atoms with Gasteiger partial charge in [0.15, 0.2) is 0 Å². The van der Waals surface area contributed by atoms with E-state index in [4.69, 9.17) is 68.0 Å². The van der Waals surface area contributed by atoms with Crippen LogP contribution in [0.2, 0.25) is 0 Å². The quantitative estimate of drug-likeness (QED) is 0.0521. The summed E-state index contributed by atoms with van der Waals surface area (Å²) >= 11 is 0.